The summed E-state index contributed by atoms with van der Waals surface area (Å²) in [5, 5.41) is 3.19. The normalized spacial score (nSPS) is 19.1. The molecule has 0 radical (unpaired) electrons. The van der Waals surface area contributed by atoms with E-state index in [0.29, 0.717) is 6.54 Å². The molecule has 152 valence electrons. The first kappa shape index (κ1) is 19.5. The SMILES string of the molecule is O=C(NCCc1nc2ccccc2n1CCC1CCCCC1)C1CCCCC1. The lowest BCUT2D eigenvalue weighted by atomic mass is 9.87. The van der Waals surface area contributed by atoms with Crippen molar-refractivity contribution >= 4 is 16.9 Å². The van der Waals surface area contributed by atoms with Crippen LogP contribution in [0.3, 0.4) is 0 Å². The number of hydrogen-bond acceptors (Lipinski definition) is 2. The van der Waals surface area contributed by atoms with Crippen LogP contribution in [-0.4, -0.2) is 22.0 Å². The van der Waals surface area contributed by atoms with Crippen molar-refractivity contribution in [1.82, 2.24) is 14.9 Å². The Morgan fingerprint density at radius 3 is 2.50 bits per heavy atom. The Morgan fingerprint density at radius 1 is 1.00 bits per heavy atom. The van der Waals surface area contributed by atoms with E-state index in [1.54, 1.807) is 0 Å². The lowest BCUT2D eigenvalue weighted by molar-refractivity contribution is -0.125. The van der Waals surface area contributed by atoms with Crippen LogP contribution in [0.2, 0.25) is 0 Å². The number of fused-ring (bicyclic) bond motifs is 1. The second-order valence-electron chi connectivity index (χ2n) is 8.84. The molecule has 28 heavy (non-hydrogen) atoms. The largest absolute Gasteiger partial charge is 0.355 e. The Labute approximate surface area is 169 Å². The van der Waals surface area contributed by atoms with Crippen molar-refractivity contribution in [1.29, 1.82) is 0 Å². The molecule has 1 heterocycles. The van der Waals surface area contributed by atoms with Gasteiger partial charge in [0, 0.05) is 25.4 Å². The van der Waals surface area contributed by atoms with Gasteiger partial charge in [-0.05, 0) is 37.3 Å². The Bertz CT molecular complexity index is 769. The average molecular weight is 382 g/mol. The zero-order valence-corrected chi connectivity index (χ0v) is 17.2. The summed E-state index contributed by atoms with van der Waals surface area (Å²) in [5.74, 6) is 2.48. The third-order valence-electron chi connectivity index (χ3n) is 6.84. The summed E-state index contributed by atoms with van der Waals surface area (Å²) < 4.78 is 2.41. The van der Waals surface area contributed by atoms with Crippen LogP contribution >= 0.6 is 0 Å². The molecular formula is C24H35N3O. The number of aromatic nitrogens is 2. The summed E-state index contributed by atoms with van der Waals surface area (Å²) in [6.45, 7) is 1.75. The van der Waals surface area contributed by atoms with E-state index < -0.39 is 0 Å². The van der Waals surface area contributed by atoms with Crippen molar-refractivity contribution in [3.05, 3.63) is 30.1 Å². The molecule has 4 nitrogen and oxygen atoms in total. The quantitative estimate of drug-likeness (QED) is 0.712. The van der Waals surface area contributed by atoms with E-state index in [1.165, 1.54) is 63.3 Å². The second kappa shape index (κ2) is 9.58. The first-order valence-corrected chi connectivity index (χ1v) is 11.5. The highest BCUT2D eigenvalue weighted by Crippen LogP contribution is 2.28. The van der Waals surface area contributed by atoms with Gasteiger partial charge in [-0.2, -0.15) is 0 Å². The number of para-hydroxylation sites is 2. The topological polar surface area (TPSA) is 46.9 Å². The van der Waals surface area contributed by atoms with E-state index in [1.807, 2.05) is 0 Å². The van der Waals surface area contributed by atoms with E-state index in [4.69, 9.17) is 4.98 Å². The summed E-state index contributed by atoms with van der Waals surface area (Å²) >= 11 is 0. The molecule has 0 unspecified atom stereocenters. The monoisotopic (exact) mass is 381 g/mol. The third kappa shape index (κ3) is 4.76. The van der Waals surface area contributed by atoms with Gasteiger partial charge in [0.1, 0.15) is 5.82 Å². The number of imidazole rings is 1. The molecule has 0 atom stereocenters. The van der Waals surface area contributed by atoms with Crippen molar-refractivity contribution in [3.63, 3.8) is 0 Å². The first-order chi connectivity index (χ1) is 13.8. The molecule has 2 fully saturated rings. The molecule has 1 amide bonds. The molecule has 2 aliphatic rings. The molecule has 0 bridgehead atoms. The Kier molecular flexibility index (Phi) is 6.66. The molecule has 1 aromatic heterocycles. The first-order valence-electron chi connectivity index (χ1n) is 11.5. The minimum absolute atomic E-state index is 0.235. The van der Waals surface area contributed by atoms with Gasteiger partial charge in [-0.15, -0.1) is 0 Å². The highest BCUT2D eigenvalue weighted by atomic mass is 16.1. The van der Waals surface area contributed by atoms with Gasteiger partial charge < -0.3 is 9.88 Å². The Morgan fingerprint density at radius 2 is 1.71 bits per heavy atom. The van der Waals surface area contributed by atoms with Crippen LogP contribution < -0.4 is 5.32 Å². The van der Waals surface area contributed by atoms with Crippen LogP contribution in [0.1, 0.15) is 76.5 Å². The predicted octanol–water partition coefficient (Wildman–Crippen LogP) is 5.25. The number of amides is 1. The number of rotatable bonds is 7. The van der Waals surface area contributed by atoms with Crippen molar-refractivity contribution in [3.8, 4) is 0 Å². The Balaban J connectivity index is 1.38. The molecule has 4 heteroatoms. The van der Waals surface area contributed by atoms with Gasteiger partial charge in [0.15, 0.2) is 0 Å². The van der Waals surface area contributed by atoms with Gasteiger partial charge >= 0.3 is 0 Å². The van der Waals surface area contributed by atoms with Gasteiger partial charge in [0.2, 0.25) is 5.91 Å². The zero-order valence-electron chi connectivity index (χ0n) is 17.2. The van der Waals surface area contributed by atoms with E-state index in [-0.39, 0.29) is 11.8 Å². The number of carbonyl (C=O) groups excluding carboxylic acids is 1. The van der Waals surface area contributed by atoms with Crippen LogP contribution in [-0.2, 0) is 17.8 Å². The van der Waals surface area contributed by atoms with Crippen LogP contribution in [0.4, 0.5) is 0 Å². The number of hydrogen-bond donors (Lipinski definition) is 1. The molecule has 0 saturated heterocycles. The highest BCUT2D eigenvalue weighted by molar-refractivity contribution is 5.78. The maximum atomic E-state index is 12.4. The van der Waals surface area contributed by atoms with Gasteiger partial charge in [-0.1, -0.05) is 63.5 Å². The molecule has 4 rings (SSSR count). The van der Waals surface area contributed by atoms with Gasteiger partial charge in [-0.25, -0.2) is 4.98 Å². The fraction of sp³-hybridized carbons (Fsp3) is 0.667. The molecule has 0 spiro atoms. The zero-order chi connectivity index (χ0) is 19.2. The molecule has 1 aromatic carbocycles. The number of nitrogens with zero attached hydrogens (tertiary/aromatic N) is 2. The predicted molar refractivity (Wildman–Crippen MR) is 114 cm³/mol. The summed E-state index contributed by atoms with van der Waals surface area (Å²) in [5.41, 5.74) is 2.33. The highest BCUT2D eigenvalue weighted by Gasteiger charge is 2.21. The lowest BCUT2D eigenvalue weighted by Crippen LogP contribution is -2.33. The summed E-state index contributed by atoms with van der Waals surface area (Å²) in [6, 6.07) is 8.47. The van der Waals surface area contributed by atoms with Crippen molar-refractivity contribution in [2.24, 2.45) is 11.8 Å². The maximum absolute atomic E-state index is 12.4. The molecule has 1 N–H and O–H groups in total. The van der Waals surface area contributed by atoms with E-state index in [9.17, 15) is 4.79 Å². The maximum Gasteiger partial charge on any atom is 0.223 e. The molecular weight excluding hydrogens is 346 g/mol. The van der Waals surface area contributed by atoms with Crippen LogP contribution in [0, 0.1) is 11.8 Å². The third-order valence-corrected chi connectivity index (χ3v) is 6.84. The molecule has 2 saturated carbocycles. The standard InChI is InChI=1S/C24H35N3O/c28-24(20-11-5-2-6-12-20)25-17-15-23-26-21-13-7-8-14-22(21)27(23)18-16-19-9-3-1-4-10-19/h7-8,13-14,19-20H,1-6,9-12,15-18H2,(H,25,28). The van der Waals surface area contributed by atoms with E-state index in [0.717, 1.165) is 43.1 Å². The van der Waals surface area contributed by atoms with E-state index in [2.05, 4.69) is 34.1 Å². The van der Waals surface area contributed by atoms with E-state index >= 15 is 0 Å². The number of nitrogens with one attached hydrogen (secondary N) is 1. The van der Waals surface area contributed by atoms with Crippen LogP contribution in [0.15, 0.2) is 24.3 Å². The van der Waals surface area contributed by atoms with Crippen molar-refractivity contribution in [2.75, 3.05) is 6.54 Å². The minimum Gasteiger partial charge on any atom is -0.355 e. The summed E-state index contributed by atoms with van der Waals surface area (Å²) in [6.07, 6.45) is 14.9. The summed E-state index contributed by atoms with van der Waals surface area (Å²) in [4.78, 5) is 17.3. The fourth-order valence-corrected chi connectivity index (χ4v) is 5.16. The fourth-order valence-electron chi connectivity index (χ4n) is 5.16. The van der Waals surface area contributed by atoms with Gasteiger partial charge in [-0.3, -0.25) is 4.79 Å². The number of aryl methyl sites for hydroxylation is 1. The molecule has 2 aromatic rings. The lowest BCUT2D eigenvalue weighted by Gasteiger charge is -2.22. The van der Waals surface area contributed by atoms with Crippen LogP contribution in [0.25, 0.3) is 11.0 Å². The smallest absolute Gasteiger partial charge is 0.223 e. The second-order valence-corrected chi connectivity index (χ2v) is 8.84. The summed E-state index contributed by atoms with van der Waals surface area (Å²) in [7, 11) is 0. The van der Waals surface area contributed by atoms with Gasteiger partial charge in [0.05, 0.1) is 11.0 Å². The van der Waals surface area contributed by atoms with Crippen molar-refractivity contribution in [2.45, 2.75) is 83.6 Å². The van der Waals surface area contributed by atoms with Crippen LogP contribution in [0.5, 0.6) is 0 Å². The molecule has 0 aliphatic heterocycles. The van der Waals surface area contributed by atoms with Crippen molar-refractivity contribution < 1.29 is 4.79 Å². The minimum atomic E-state index is 0.235. The number of carbonyl (C=O) groups is 1. The number of benzene rings is 1. The average Bonchev–Trinajstić information content (AvgIpc) is 3.11. The Hall–Kier alpha value is -1.84. The molecule has 2 aliphatic carbocycles. The van der Waals surface area contributed by atoms with Gasteiger partial charge in [0.25, 0.3) is 0 Å².